The Kier molecular flexibility index (Phi) is 7.48. The van der Waals surface area contributed by atoms with Crippen LogP contribution < -0.4 is 16.1 Å². The van der Waals surface area contributed by atoms with E-state index in [2.05, 4.69) is 44.6 Å². The van der Waals surface area contributed by atoms with Gasteiger partial charge in [-0.25, -0.2) is 4.98 Å². The summed E-state index contributed by atoms with van der Waals surface area (Å²) in [5.41, 5.74) is 11.1. The molecule has 1 aromatic carbocycles. The van der Waals surface area contributed by atoms with Crippen molar-refractivity contribution in [1.29, 1.82) is 0 Å². The highest BCUT2D eigenvalue weighted by molar-refractivity contribution is 7.80. The highest BCUT2D eigenvalue weighted by Crippen LogP contribution is 2.26. The topological polar surface area (TPSA) is 69.8 Å². The van der Waals surface area contributed by atoms with Crippen LogP contribution in [0.2, 0.25) is 0 Å². The van der Waals surface area contributed by atoms with Gasteiger partial charge in [0.15, 0.2) is 5.11 Å². The third-order valence-electron chi connectivity index (χ3n) is 6.32. The quantitative estimate of drug-likeness (QED) is 0.410. The van der Waals surface area contributed by atoms with E-state index >= 15 is 0 Å². The van der Waals surface area contributed by atoms with Crippen LogP contribution in [0.15, 0.2) is 47.7 Å². The van der Waals surface area contributed by atoms with Crippen LogP contribution in [0.3, 0.4) is 0 Å². The van der Waals surface area contributed by atoms with Crippen molar-refractivity contribution < 1.29 is 0 Å². The number of nitrogens with one attached hydrogen (secondary N) is 1. The fraction of sp³-hybridized carbons (Fsp3) is 0.458. The highest BCUT2D eigenvalue weighted by Gasteiger charge is 2.22. The summed E-state index contributed by atoms with van der Waals surface area (Å²) in [7, 11) is 0. The summed E-state index contributed by atoms with van der Waals surface area (Å²) in [4.78, 5) is 9.82. The second-order valence-corrected chi connectivity index (χ2v) is 8.99. The molecule has 2 fully saturated rings. The Labute approximate surface area is 190 Å². The summed E-state index contributed by atoms with van der Waals surface area (Å²) >= 11 is 4.73. The summed E-state index contributed by atoms with van der Waals surface area (Å²) < 4.78 is 0. The van der Waals surface area contributed by atoms with Gasteiger partial charge >= 0.3 is 0 Å². The minimum absolute atomic E-state index is 0.157. The molecule has 1 saturated carbocycles. The lowest BCUT2D eigenvalue weighted by molar-refractivity contribution is 0.192. The van der Waals surface area contributed by atoms with E-state index in [4.69, 9.17) is 22.9 Å². The minimum atomic E-state index is 0.157. The summed E-state index contributed by atoms with van der Waals surface area (Å²) in [5, 5.41) is 4.14. The lowest BCUT2D eigenvalue weighted by Gasteiger charge is -2.37. The van der Waals surface area contributed by atoms with E-state index in [0.717, 1.165) is 54.6 Å². The predicted molar refractivity (Wildman–Crippen MR) is 132 cm³/mol. The van der Waals surface area contributed by atoms with E-state index in [1.165, 1.54) is 38.6 Å². The van der Waals surface area contributed by atoms with Gasteiger partial charge in [0.05, 0.1) is 6.21 Å². The van der Waals surface area contributed by atoms with Crippen molar-refractivity contribution in [1.82, 2.24) is 15.3 Å². The van der Waals surface area contributed by atoms with Gasteiger partial charge in [-0.05, 0) is 54.2 Å². The molecule has 2 aliphatic rings. The highest BCUT2D eigenvalue weighted by atomic mass is 32.1. The largest absolute Gasteiger partial charge is 0.375 e. The van der Waals surface area contributed by atoms with Crippen LogP contribution in [0.4, 0.5) is 5.82 Å². The molecule has 6 nitrogen and oxygen atoms in total. The van der Waals surface area contributed by atoms with Crippen molar-refractivity contribution in [2.24, 2.45) is 16.8 Å². The zero-order valence-corrected chi connectivity index (χ0v) is 18.9. The molecule has 0 atom stereocenters. The first-order valence-electron chi connectivity index (χ1n) is 11.3. The van der Waals surface area contributed by atoms with Crippen molar-refractivity contribution in [2.45, 2.75) is 32.1 Å². The first kappa shape index (κ1) is 21.7. The van der Waals surface area contributed by atoms with Gasteiger partial charge in [-0.2, -0.15) is 5.10 Å². The standard InChI is InChI=1S/C24H32N6S/c25-24(31)28-27-16-19-6-8-21(9-7-19)22-10-11-23(26-17-22)30-14-12-29(13-15-30)18-20-4-2-1-3-5-20/h6-11,16-17,20H,1-5,12-15,18H2,(H3,25,28,31). The maximum Gasteiger partial charge on any atom is 0.184 e. The van der Waals surface area contributed by atoms with Gasteiger partial charge in [0.25, 0.3) is 0 Å². The molecule has 0 amide bonds. The average Bonchev–Trinajstić information content (AvgIpc) is 2.81. The average molecular weight is 437 g/mol. The Bertz CT molecular complexity index is 866. The smallest absolute Gasteiger partial charge is 0.184 e. The second-order valence-electron chi connectivity index (χ2n) is 8.55. The van der Waals surface area contributed by atoms with E-state index in [1.807, 2.05) is 18.3 Å². The van der Waals surface area contributed by atoms with E-state index in [0.29, 0.717) is 0 Å². The molecule has 164 valence electrons. The summed E-state index contributed by atoms with van der Waals surface area (Å²) in [5.74, 6) is 2.00. The van der Waals surface area contributed by atoms with Crippen LogP contribution in [-0.4, -0.2) is 53.9 Å². The van der Waals surface area contributed by atoms with Crippen LogP contribution in [0.5, 0.6) is 0 Å². The molecule has 1 aliphatic heterocycles. The first-order valence-corrected chi connectivity index (χ1v) is 11.7. The van der Waals surface area contributed by atoms with Crippen LogP contribution in [0.25, 0.3) is 11.1 Å². The molecule has 1 aliphatic carbocycles. The van der Waals surface area contributed by atoms with Gasteiger partial charge in [0.2, 0.25) is 0 Å². The van der Waals surface area contributed by atoms with Crippen molar-refractivity contribution in [3.05, 3.63) is 48.2 Å². The lowest BCUT2D eigenvalue weighted by atomic mass is 9.89. The maximum absolute atomic E-state index is 5.36. The molecule has 4 rings (SSSR count). The van der Waals surface area contributed by atoms with Crippen LogP contribution >= 0.6 is 12.2 Å². The van der Waals surface area contributed by atoms with Crippen LogP contribution in [0, 0.1) is 5.92 Å². The van der Waals surface area contributed by atoms with Crippen molar-refractivity contribution in [2.75, 3.05) is 37.6 Å². The molecular weight excluding hydrogens is 404 g/mol. The molecule has 2 aromatic rings. The Morgan fingerprint density at radius 1 is 1.03 bits per heavy atom. The van der Waals surface area contributed by atoms with Gasteiger partial charge < -0.3 is 10.6 Å². The summed E-state index contributed by atoms with van der Waals surface area (Å²) in [6, 6.07) is 12.5. The molecule has 2 heterocycles. The van der Waals surface area contributed by atoms with Crippen molar-refractivity contribution in [3.63, 3.8) is 0 Å². The van der Waals surface area contributed by atoms with Gasteiger partial charge in [-0.1, -0.05) is 43.5 Å². The number of thiocarbonyl (C=S) groups is 1. The molecule has 7 heteroatoms. The number of rotatable bonds is 6. The predicted octanol–water partition coefficient (Wildman–Crippen LogP) is 3.62. The number of pyridine rings is 1. The number of nitrogens with two attached hydrogens (primary N) is 1. The number of aromatic nitrogens is 1. The van der Waals surface area contributed by atoms with E-state index in [-0.39, 0.29) is 5.11 Å². The van der Waals surface area contributed by atoms with E-state index in [1.54, 1.807) is 6.21 Å². The Morgan fingerprint density at radius 3 is 2.39 bits per heavy atom. The second kappa shape index (κ2) is 10.7. The third-order valence-corrected chi connectivity index (χ3v) is 6.41. The molecule has 3 N–H and O–H groups in total. The molecule has 31 heavy (non-hydrogen) atoms. The lowest BCUT2D eigenvalue weighted by Crippen LogP contribution is -2.48. The Hall–Kier alpha value is -2.51. The number of hydrogen-bond donors (Lipinski definition) is 2. The first-order chi connectivity index (χ1) is 15.2. The number of hydrogen-bond acceptors (Lipinski definition) is 5. The molecule has 0 radical (unpaired) electrons. The summed E-state index contributed by atoms with van der Waals surface area (Å²) in [6.07, 6.45) is 10.8. The Balaban J connectivity index is 1.29. The fourth-order valence-corrected chi connectivity index (χ4v) is 4.62. The monoisotopic (exact) mass is 436 g/mol. The molecule has 0 bridgehead atoms. The maximum atomic E-state index is 5.36. The van der Waals surface area contributed by atoms with Crippen molar-refractivity contribution >= 4 is 29.4 Å². The molecule has 0 spiro atoms. The number of piperazine rings is 1. The molecular formula is C24H32N6S. The fourth-order valence-electron chi connectivity index (χ4n) is 4.57. The molecule has 1 saturated heterocycles. The van der Waals surface area contributed by atoms with Gasteiger partial charge in [0.1, 0.15) is 5.82 Å². The van der Waals surface area contributed by atoms with Crippen LogP contribution in [-0.2, 0) is 0 Å². The van der Waals surface area contributed by atoms with E-state index in [9.17, 15) is 0 Å². The van der Waals surface area contributed by atoms with Gasteiger partial charge in [0, 0.05) is 44.5 Å². The van der Waals surface area contributed by atoms with Crippen molar-refractivity contribution in [3.8, 4) is 11.1 Å². The zero-order chi connectivity index (χ0) is 21.5. The SMILES string of the molecule is NC(=S)NN=Cc1ccc(-c2ccc(N3CCN(CC4CCCCC4)CC3)nc2)cc1. The number of nitrogens with zero attached hydrogens (tertiary/aromatic N) is 4. The van der Waals surface area contributed by atoms with Gasteiger partial charge in [-0.15, -0.1) is 0 Å². The molecule has 1 aromatic heterocycles. The zero-order valence-electron chi connectivity index (χ0n) is 18.0. The van der Waals surface area contributed by atoms with Crippen LogP contribution in [0.1, 0.15) is 37.7 Å². The van der Waals surface area contributed by atoms with Gasteiger partial charge in [-0.3, -0.25) is 10.3 Å². The number of hydrazone groups is 1. The third kappa shape index (κ3) is 6.24. The normalized spacial score (nSPS) is 18.4. The summed E-state index contributed by atoms with van der Waals surface area (Å²) in [6.45, 7) is 5.70. The molecule has 0 unspecified atom stereocenters. The van der Waals surface area contributed by atoms with E-state index < -0.39 is 0 Å². The number of anilines is 1. The minimum Gasteiger partial charge on any atom is -0.375 e. The number of benzene rings is 1. The Morgan fingerprint density at radius 2 is 1.74 bits per heavy atom.